The second-order valence-corrected chi connectivity index (χ2v) is 10.6. The highest BCUT2D eigenvalue weighted by atomic mass is 79.9. The number of aryl methyl sites for hydroxylation is 1. The summed E-state index contributed by atoms with van der Waals surface area (Å²) in [7, 11) is 2.17. The summed E-state index contributed by atoms with van der Waals surface area (Å²) >= 11 is 4.81. The third-order valence-corrected chi connectivity index (χ3v) is 7.45. The standard InChI is InChI=1S/C24H26BrN3OS/c1-14-10-20-19(15(2)13-24(3,4)28(20)5)11-16(14)12-21-22(29)27-23(30-21)26-18-8-6-17(25)7-9-18/h6-12,15H,13H2,1-5H3,(H,26,27,29)/b21-12+. The van der Waals surface area contributed by atoms with Gasteiger partial charge in [0, 0.05) is 22.7 Å². The fourth-order valence-electron chi connectivity index (χ4n) is 4.14. The van der Waals surface area contributed by atoms with Crippen molar-refractivity contribution in [3.8, 4) is 0 Å². The lowest BCUT2D eigenvalue weighted by Crippen LogP contribution is -2.45. The van der Waals surface area contributed by atoms with E-state index < -0.39 is 0 Å². The number of halogens is 1. The van der Waals surface area contributed by atoms with Crippen molar-refractivity contribution in [1.82, 2.24) is 5.32 Å². The molecule has 0 bridgehead atoms. The molecule has 0 aromatic heterocycles. The Morgan fingerprint density at radius 1 is 1.27 bits per heavy atom. The van der Waals surface area contributed by atoms with Crippen molar-refractivity contribution in [3.05, 3.63) is 62.5 Å². The number of rotatable bonds is 2. The Morgan fingerprint density at radius 2 is 1.97 bits per heavy atom. The van der Waals surface area contributed by atoms with Crippen molar-refractivity contribution < 1.29 is 4.79 Å². The Bertz CT molecular complexity index is 1070. The minimum absolute atomic E-state index is 0.0979. The van der Waals surface area contributed by atoms with E-state index in [2.05, 4.69) is 78.0 Å². The predicted molar refractivity (Wildman–Crippen MR) is 132 cm³/mol. The van der Waals surface area contributed by atoms with Gasteiger partial charge >= 0.3 is 0 Å². The van der Waals surface area contributed by atoms with Gasteiger partial charge in [-0.05, 0) is 104 Å². The summed E-state index contributed by atoms with van der Waals surface area (Å²) in [5.74, 6) is 0.378. The molecule has 2 heterocycles. The monoisotopic (exact) mass is 483 g/mol. The second kappa shape index (κ2) is 7.89. The Balaban J connectivity index is 1.64. The van der Waals surface area contributed by atoms with Gasteiger partial charge in [-0.2, -0.15) is 0 Å². The van der Waals surface area contributed by atoms with Gasteiger partial charge in [0.05, 0.1) is 10.6 Å². The van der Waals surface area contributed by atoms with E-state index in [1.165, 1.54) is 28.6 Å². The third kappa shape index (κ3) is 4.08. The molecule has 6 heteroatoms. The smallest absolute Gasteiger partial charge is 0.264 e. The molecule has 0 spiro atoms. The first-order chi connectivity index (χ1) is 14.1. The lowest BCUT2D eigenvalue weighted by Gasteiger charge is -2.45. The van der Waals surface area contributed by atoms with Crippen LogP contribution in [0, 0.1) is 6.92 Å². The van der Waals surface area contributed by atoms with Crippen molar-refractivity contribution >= 4 is 56.2 Å². The van der Waals surface area contributed by atoms with Crippen molar-refractivity contribution in [2.45, 2.75) is 45.6 Å². The predicted octanol–water partition coefficient (Wildman–Crippen LogP) is 6.37. The zero-order valence-electron chi connectivity index (χ0n) is 17.9. The summed E-state index contributed by atoms with van der Waals surface area (Å²) in [5, 5.41) is 3.49. The normalized spacial score (nSPS) is 23.1. The van der Waals surface area contributed by atoms with Crippen LogP contribution in [-0.4, -0.2) is 23.7 Å². The summed E-state index contributed by atoms with van der Waals surface area (Å²) in [4.78, 5) is 20.1. The van der Waals surface area contributed by atoms with Gasteiger partial charge < -0.3 is 10.2 Å². The molecule has 2 aromatic rings. The van der Waals surface area contributed by atoms with Crippen LogP contribution >= 0.6 is 27.7 Å². The van der Waals surface area contributed by atoms with E-state index >= 15 is 0 Å². The molecule has 1 fully saturated rings. The molecule has 30 heavy (non-hydrogen) atoms. The number of amidine groups is 1. The SMILES string of the molecule is Cc1cc2c(cc1/C=C1/SC(=Nc3ccc(Br)cc3)NC1=O)C(C)CC(C)(C)N2C. The number of anilines is 1. The van der Waals surface area contributed by atoms with E-state index in [0.29, 0.717) is 16.0 Å². The van der Waals surface area contributed by atoms with Gasteiger partial charge in [0.25, 0.3) is 5.91 Å². The summed E-state index contributed by atoms with van der Waals surface area (Å²) in [6, 6.07) is 12.2. The van der Waals surface area contributed by atoms with Crippen molar-refractivity contribution in [1.29, 1.82) is 0 Å². The number of benzene rings is 2. The van der Waals surface area contributed by atoms with Gasteiger partial charge in [-0.25, -0.2) is 4.99 Å². The molecule has 156 valence electrons. The highest BCUT2D eigenvalue weighted by molar-refractivity contribution is 9.10. The maximum Gasteiger partial charge on any atom is 0.264 e. The van der Waals surface area contributed by atoms with E-state index in [-0.39, 0.29) is 11.4 Å². The highest BCUT2D eigenvalue weighted by Crippen LogP contribution is 2.44. The Morgan fingerprint density at radius 3 is 2.67 bits per heavy atom. The number of hydrogen-bond donors (Lipinski definition) is 1. The molecule has 1 unspecified atom stereocenters. The van der Waals surface area contributed by atoms with Crippen molar-refractivity contribution in [2.24, 2.45) is 4.99 Å². The van der Waals surface area contributed by atoms with E-state index in [4.69, 9.17) is 0 Å². The maximum atomic E-state index is 12.5. The first kappa shape index (κ1) is 21.2. The quantitative estimate of drug-likeness (QED) is 0.504. The molecule has 2 aliphatic rings. The fourth-order valence-corrected chi connectivity index (χ4v) is 5.24. The number of nitrogens with zero attached hydrogens (tertiary/aromatic N) is 2. The zero-order valence-corrected chi connectivity index (χ0v) is 20.3. The molecular formula is C24H26BrN3OS. The van der Waals surface area contributed by atoms with Crippen LogP contribution in [0.25, 0.3) is 6.08 Å². The summed E-state index contributed by atoms with van der Waals surface area (Å²) < 4.78 is 1.00. The number of fused-ring (bicyclic) bond motifs is 1. The molecule has 2 aromatic carbocycles. The molecule has 0 aliphatic carbocycles. The van der Waals surface area contributed by atoms with Crippen LogP contribution in [0.15, 0.2) is 50.8 Å². The molecule has 2 aliphatic heterocycles. The number of carbonyl (C=O) groups is 1. The van der Waals surface area contributed by atoms with Crippen LogP contribution in [0.5, 0.6) is 0 Å². The van der Waals surface area contributed by atoms with Crippen LogP contribution in [0.4, 0.5) is 11.4 Å². The molecule has 1 N–H and O–H groups in total. The number of amides is 1. The number of thioether (sulfide) groups is 1. The third-order valence-electron chi connectivity index (χ3n) is 6.02. The summed E-state index contributed by atoms with van der Waals surface area (Å²) in [5.41, 5.74) is 5.85. The molecule has 1 atom stereocenters. The average molecular weight is 484 g/mol. The van der Waals surface area contributed by atoms with Crippen LogP contribution in [-0.2, 0) is 4.79 Å². The zero-order chi connectivity index (χ0) is 21.6. The van der Waals surface area contributed by atoms with Gasteiger partial charge in [0.2, 0.25) is 0 Å². The molecular weight excluding hydrogens is 458 g/mol. The Hall–Kier alpha value is -2.05. The Labute approximate surface area is 191 Å². The Kier molecular flexibility index (Phi) is 5.58. The molecule has 4 nitrogen and oxygen atoms in total. The van der Waals surface area contributed by atoms with Crippen molar-refractivity contribution in [3.63, 3.8) is 0 Å². The first-order valence-corrected chi connectivity index (χ1v) is 11.7. The molecule has 0 saturated carbocycles. The van der Waals surface area contributed by atoms with E-state index in [0.717, 1.165) is 22.1 Å². The first-order valence-electron chi connectivity index (χ1n) is 10.1. The van der Waals surface area contributed by atoms with Gasteiger partial charge in [0.1, 0.15) is 0 Å². The number of carbonyl (C=O) groups excluding carboxylic acids is 1. The molecule has 4 rings (SSSR count). The van der Waals surface area contributed by atoms with Gasteiger partial charge in [0.15, 0.2) is 5.17 Å². The number of hydrogen-bond acceptors (Lipinski definition) is 4. The topological polar surface area (TPSA) is 44.7 Å². The second-order valence-electron chi connectivity index (χ2n) is 8.70. The van der Waals surface area contributed by atoms with E-state index in [9.17, 15) is 4.79 Å². The van der Waals surface area contributed by atoms with E-state index in [1.54, 1.807) is 0 Å². The molecule has 0 radical (unpaired) electrons. The minimum Gasteiger partial charge on any atom is -0.369 e. The lowest BCUT2D eigenvalue weighted by molar-refractivity contribution is -0.115. The number of aliphatic imine (C=N–C) groups is 1. The maximum absolute atomic E-state index is 12.5. The fraction of sp³-hybridized carbons (Fsp3) is 0.333. The van der Waals surface area contributed by atoms with Crippen LogP contribution in [0.3, 0.4) is 0 Å². The van der Waals surface area contributed by atoms with Crippen LogP contribution < -0.4 is 10.2 Å². The summed E-state index contributed by atoms with van der Waals surface area (Å²) in [6.45, 7) is 8.99. The molecule has 1 saturated heterocycles. The number of nitrogens with one attached hydrogen (secondary N) is 1. The van der Waals surface area contributed by atoms with Gasteiger partial charge in [-0.1, -0.05) is 22.9 Å². The average Bonchev–Trinajstić information content (AvgIpc) is 3.01. The minimum atomic E-state index is -0.0979. The van der Waals surface area contributed by atoms with Crippen molar-refractivity contribution in [2.75, 3.05) is 11.9 Å². The van der Waals surface area contributed by atoms with Gasteiger partial charge in [-0.15, -0.1) is 0 Å². The van der Waals surface area contributed by atoms with E-state index in [1.807, 2.05) is 30.3 Å². The largest absolute Gasteiger partial charge is 0.369 e. The highest BCUT2D eigenvalue weighted by Gasteiger charge is 2.34. The summed E-state index contributed by atoms with van der Waals surface area (Å²) in [6.07, 6.45) is 3.10. The molecule has 1 amide bonds. The van der Waals surface area contributed by atoms with Crippen LogP contribution in [0.1, 0.15) is 49.8 Å². The lowest BCUT2D eigenvalue weighted by atomic mass is 9.79. The van der Waals surface area contributed by atoms with Gasteiger partial charge in [-0.3, -0.25) is 4.79 Å². The van der Waals surface area contributed by atoms with Crippen LogP contribution in [0.2, 0.25) is 0 Å².